The van der Waals surface area contributed by atoms with E-state index in [-0.39, 0.29) is 11.6 Å². The van der Waals surface area contributed by atoms with E-state index in [9.17, 15) is 8.78 Å². The normalized spacial score (nSPS) is 16.2. The average Bonchev–Trinajstić information content (AvgIpc) is 2.51. The van der Waals surface area contributed by atoms with Crippen LogP contribution in [-0.2, 0) is 6.54 Å². The summed E-state index contributed by atoms with van der Waals surface area (Å²) in [6.07, 6.45) is 0. The van der Waals surface area contributed by atoms with Gasteiger partial charge in [-0.3, -0.25) is 4.90 Å². The van der Waals surface area contributed by atoms with Gasteiger partial charge in [0.1, 0.15) is 11.6 Å². The number of anilines is 1. The standard InChI is InChI=1S/C17H18F2N2/c18-15-6-2-1-5-14(15)13-20-9-11-21(12-10-20)17-8-4-3-7-16(17)19/h1-8H,9-13H2. The second-order valence-corrected chi connectivity index (χ2v) is 5.31. The Hall–Kier alpha value is -1.94. The number of hydrogen-bond acceptors (Lipinski definition) is 2. The van der Waals surface area contributed by atoms with Crippen molar-refractivity contribution in [2.45, 2.75) is 6.54 Å². The molecule has 3 rings (SSSR count). The van der Waals surface area contributed by atoms with Crippen LogP contribution in [0.1, 0.15) is 5.56 Å². The van der Waals surface area contributed by atoms with Crippen molar-refractivity contribution in [1.29, 1.82) is 0 Å². The molecule has 0 unspecified atom stereocenters. The van der Waals surface area contributed by atoms with Gasteiger partial charge in [-0.15, -0.1) is 0 Å². The minimum atomic E-state index is -0.181. The Bertz CT molecular complexity index is 607. The molecule has 1 aliphatic rings. The van der Waals surface area contributed by atoms with Crippen LogP contribution < -0.4 is 4.90 Å². The van der Waals surface area contributed by atoms with Crippen molar-refractivity contribution < 1.29 is 8.78 Å². The molecule has 0 saturated carbocycles. The molecule has 0 N–H and O–H groups in total. The first kappa shape index (κ1) is 14.0. The molecule has 0 aliphatic carbocycles. The van der Waals surface area contributed by atoms with Crippen molar-refractivity contribution in [3.05, 3.63) is 65.7 Å². The molecule has 110 valence electrons. The Labute approximate surface area is 123 Å². The maximum Gasteiger partial charge on any atom is 0.146 e. The zero-order valence-corrected chi connectivity index (χ0v) is 11.8. The van der Waals surface area contributed by atoms with Crippen molar-refractivity contribution in [3.63, 3.8) is 0 Å². The van der Waals surface area contributed by atoms with Gasteiger partial charge < -0.3 is 4.90 Å². The summed E-state index contributed by atoms with van der Waals surface area (Å²) in [5, 5.41) is 0. The molecule has 2 aromatic rings. The molecule has 0 atom stereocenters. The van der Waals surface area contributed by atoms with Crippen LogP contribution in [0.4, 0.5) is 14.5 Å². The molecule has 0 amide bonds. The molecule has 1 fully saturated rings. The highest BCUT2D eigenvalue weighted by Gasteiger charge is 2.19. The summed E-state index contributed by atoms with van der Waals surface area (Å²) in [6.45, 7) is 3.74. The van der Waals surface area contributed by atoms with Gasteiger partial charge in [0.05, 0.1) is 5.69 Å². The van der Waals surface area contributed by atoms with Crippen LogP contribution >= 0.6 is 0 Å². The SMILES string of the molecule is Fc1ccccc1CN1CCN(c2ccccc2F)CC1. The van der Waals surface area contributed by atoms with Gasteiger partial charge >= 0.3 is 0 Å². The molecular formula is C17H18F2N2. The third kappa shape index (κ3) is 3.22. The molecule has 1 aliphatic heterocycles. The van der Waals surface area contributed by atoms with Crippen LogP contribution in [0.25, 0.3) is 0 Å². The fraction of sp³-hybridized carbons (Fsp3) is 0.294. The van der Waals surface area contributed by atoms with Crippen molar-refractivity contribution in [1.82, 2.24) is 4.90 Å². The van der Waals surface area contributed by atoms with E-state index in [1.54, 1.807) is 12.1 Å². The van der Waals surface area contributed by atoms with Gasteiger partial charge in [-0.1, -0.05) is 30.3 Å². The Balaban J connectivity index is 1.61. The van der Waals surface area contributed by atoms with E-state index in [2.05, 4.69) is 4.90 Å². The first-order chi connectivity index (χ1) is 10.2. The summed E-state index contributed by atoms with van der Waals surface area (Å²) in [4.78, 5) is 4.25. The van der Waals surface area contributed by atoms with Gasteiger partial charge in [-0.2, -0.15) is 0 Å². The predicted octanol–water partition coefficient (Wildman–Crippen LogP) is 3.29. The fourth-order valence-corrected chi connectivity index (χ4v) is 2.72. The Morgan fingerprint density at radius 1 is 0.762 bits per heavy atom. The zero-order valence-electron chi connectivity index (χ0n) is 11.8. The second-order valence-electron chi connectivity index (χ2n) is 5.31. The third-order valence-electron chi connectivity index (χ3n) is 3.92. The maximum atomic E-state index is 13.8. The number of nitrogens with zero attached hydrogens (tertiary/aromatic N) is 2. The van der Waals surface area contributed by atoms with Crippen LogP contribution in [0.3, 0.4) is 0 Å². The molecule has 0 radical (unpaired) electrons. The highest BCUT2D eigenvalue weighted by Crippen LogP contribution is 2.21. The van der Waals surface area contributed by atoms with Gasteiger partial charge in [0.25, 0.3) is 0 Å². The monoisotopic (exact) mass is 288 g/mol. The van der Waals surface area contributed by atoms with Crippen molar-refractivity contribution in [2.75, 3.05) is 31.1 Å². The first-order valence-corrected chi connectivity index (χ1v) is 7.19. The predicted molar refractivity (Wildman–Crippen MR) is 80.3 cm³/mol. The van der Waals surface area contributed by atoms with E-state index >= 15 is 0 Å². The zero-order chi connectivity index (χ0) is 14.7. The number of benzene rings is 2. The molecule has 2 nitrogen and oxygen atoms in total. The van der Waals surface area contributed by atoms with E-state index in [0.29, 0.717) is 12.2 Å². The lowest BCUT2D eigenvalue weighted by Crippen LogP contribution is -2.46. The molecule has 4 heteroatoms. The van der Waals surface area contributed by atoms with Gasteiger partial charge in [0, 0.05) is 38.3 Å². The van der Waals surface area contributed by atoms with Crippen molar-refractivity contribution in [2.24, 2.45) is 0 Å². The summed E-state index contributed by atoms with van der Waals surface area (Å²) in [5.74, 6) is -0.339. The average molecular weight is 288 g/mol. The van der Waals surface area contributed by atoms with Crippen LogP contribution in [0, 0.1) is 11.6 Å². The highest BCUT2D eigenvalue weighted by molar-refractivity contribution is 5.48. The van der Waals surface area contributed by atoms with Gasteiger partial charge in [0.2, 0.25) is 0 Å². The minimum Gasteiger partial charge on any atom is -0.367 e. The Kier molecular flexibility index (Phi) is 4.15. The highest BCUT2D eigenvalue weighted by atomic mass is 19.1. The van der Waals surface area contributed by atoms with Crippen LogP contribution in [-0.4, -0.2) is 31.1 Å². The van der Waals surface area contributed by atoms with Gasteiger partial charge in [-0.05, 0) is 18.2 Å². The van der Waals surface area contributed by atoms with Crippen LogP contribution in [0.5, 0.6) is 0 Å². The molecule has 2 aromatic carbocycles. The lowest BCUT2D eigenvalue weighted by atomic mass is 10.1. The minimum absolute atomic E-state index is 0.158. The summed E-state index contributed by atoms with van der Waals surface area (Å²) in [6, 6.07) is 13.7. The number of hydrogen-bond donors (Lipinski definition) is 0. The number of halogens is 2. The summed E-state index contributed by atoms with van der Waals surface area (Å²) < 4.78 is 27.4. The summed E-state index contributed by atoms with van der Waals surface area (Å²) in [5.41, 5.74) is 1.37. The number of para-hydroxylation sites is 1. The molecule has 1 saturated heterocycles. The van der Waals surface area contributed by atoms with Gasteiger partial charge in [-0.25, -0.2) is 8.78 Å². The van der Waals surface area contributed by atoms with E-state index in [4.69, 9.17) is 0 Å². The van der Waals surface area contributed by atoms with E-state index in [1.165, 1.54) is 12.1 Å². The number of piperazine rings is 1. The number of rotatable bonds is 3. The smallest absolute Gasteiger partial charge is 0.146 e. The lowest BCUT2D eigenvalue weighted by Gasteiger charge is -2.36. The molecule has 0 aromatic heterocycles. The van der Waals surface area contributed by atoms with E-state index in [1.807, 2.05) is 29.2 Å². The van der Waals surface area contributed by atoms with Crippen LogP contribution in [0.15, 0.2) is 48.5 Å². The Morgan fingerprint density at radius 3 is 2.05 bits per heavy atom. The first-order valence-electron chi connectivity index (χ1n) is 7.19. The third-order valence-corrected chi connectivity index (χ3v) is 3.92. The molecule has 21 heavy (non-hydrogen) atoms. The lowest BCUT2D eigenvalue weighted by molar-refractivity contribution is 0.246. The summed E-state index contributed by atoms with van der Waals surface area (Å²) >= 11 is 0. The largest absolute Gasteiger partial charge is 0.367 e. The molecule has 0 bridgehead atoms. The van der Waals surface area contributed by atoms with E-state index < -0.39 is 0 Å². The van der Waals surface area contributed by atoms with Crippen molar-refractivity contribution >= 4 is 5.69 Å². The fourth-order valence-electron chi connectivity index (χ4n) is 2.72. The maximum absolute atomic E-state index is 13.8. The molecule has 0 spiro atoms. The van der Waals surface area contributed by atoms with Gasteiger partial charge in [0.15, 0.2) is 0 Å². The van der Waals surface area contributed by atoms with Crippen molar-refractivity contribution in [3.8, 4) is 0 Å². The quantitative estimate of drug-likeness (QED) is 0.855. The Morgan fingerprint density at radius 2 is 1.38 bits per heavy atom. The molecular weight excluding hydrogens is 270 g/mol. The molecule has 1 heterocycles. The second kappa shape index (κ2) is 6.22. The topological polar surface area (TPSA) is 6.48 Å². The van der Waals surface area contributed by atoms with Crippen LogP contribution in [0.2, 0.25) is 0 Å². The van der Waals surface area contributed by atoms with E-state index in [0.717, 1.165) is 31.7 Å². The summed E-state index contributed by atoms with van der Waals surface area (Å²) in [7, 11) is 0.